The van der Waals surface area contributed by atoms with Crippen LogP contribution in [0.3, 0.4) is 0 Å². The van der Waals surface area contributed by atoms with E-state index in [1.807, 2.05) is 24.3 Å². The molecule has 0 spiro atoms. The Labute approximate surface area is 152 Å². The summed E-state index contributed by atoms with van der Waals surface area (Å²) in [5.41, 5.74) is 1.61. The van der Waals surface area contributed by atoms with Gasteiger partial charge >= 0.3 is 5.97 Å². The first-order chi connectivity index (χ1) is 12.7. The number of ether oxygens (including phenoxy) is 1. The van der Waals surface area contributed by atoms with Gasteiger partial charge in [0.05, 0.1) is 18.0 Å². The highest BCUT2D eigenvalue weighted by Gasteiger charge is 2.17. The minimum absolute atomic E-state index is 0.0119. The second kappa shape index (κ2) is 8.62. The van der Waals surface area contributed by atoms with E-state index in [0.29, 0.717) is 30.3 Å². The number of nitrogens with zero attached hydrogens (tertiary/aromatic N) is 2. The van der Waals surface area contributed by atoms with Gasteiger partial charge in [0.2, 0.25) is 5.91 Å². The molecule has 7 nitrogen and oxygen atoms in total. The van der Waals surface area contributed by atoms with Gasteiger partial charge in [-0.1, -0.05) is 12.1 Å². The fourth-order valence-corrected chi connectivity index (χ4v) is 3.06. The number of aromatic nitrogens is 2. The summed E-state index contributed by atoms with van der Waals surface area (Å²) >= 11 is 0. The van der Waals surface area contributed by atoms with Crippen molar-refractivity contribution >= 4 is 17.6 Å². The van der Waals surface area contributed by atoms with E-state index in [2.05, 4.69) is 15.7 Å². The Hall–Kier alpha value is -2.67. The van der Waals surface area contributed by atoms with E-state index in [1.54, 1.807) is 23.9 Å². The Morgan fingerprint density at radius 2 is 2.19 bits per heavy atom. The van der Waals surface area contributed by atoms with Gasteiger partial charge in [-0.25, -0.2) is 9.48 Å². The first-order valence-electron chi connectivity index (χ1n) is 9.00. The molecular formula is C19H24N4O3. The van der Waals surface area contributed by atoms with Crippen molar-refractivity contribution in [2.24, 2.45) is 5.92 Å². The van der Waals surface area contributed by atoms with E-state index in [-0.39, 0.29) is 11.6 Å². The molecule has 1 atom stereocenters. The van der Waals surface area contributed by atoms with Crippen molar-refractivity contribution in [1.82, 2.24) is 15.1 Å². The van der Waals surface area contributed by atoms with Crippen molar-refractivity contribution in [2.75, 3.05) is 25.0 Å². The largest absolute Gasteiger partial charge is 0.461 e. The molecule has 138 valence electrons. The molecule has 2 N–H and O–H groups in total. The van der Waals surface area contributed by atoms with Crippen molar-refractivity contribution in [3.63, 3.8) is 0 Å². The lowest BCUT2D eigenvalue weighted by Crippen LogP contribution is -2.16. The van der Waals surface area contributed by atoms with E-state index in [0.717, 1.165) is 25.9 Å². The minimum Gasteiger partial charge on any atom is -0.461 e. The molecule has 3 rings (SSSR count). The molecule has 1 aliphatic heterocycles. The predicted octanol–water partition coefficient (Wildman–Crippen LogP) is 2.38. The Balaban J connectivity index is 1.67. The zero-order chi connectivity index (χ0) is 18.4. The number of anilines is 1. The van der Waals surface area contributed by atoms with Crippen LogP contribution in [-0.4, -0.2) is 41.4 Å². The molecule has 7 heteroatoms. The summed E-state index contributed by atoms with van der Waals surface area (Å²) in [6.07, 6.45) is 4.19. The number of amides is 1. The van der Waals surface area contributed by atoms with Gasteiger partial charge in [-0.3, -0.25) is 4.79 Å². The number of esters is 1. The number of hydrogen-bond donors (Lipinski definition) is 2. The molecule has 2 heterocycles. The molecule has 1 unspecified atom stereocenters. The first-order valence-corrected chi connectivity index (χ1v) is 9.00. The fraction of sp³-hybridized carbons (Fsp3) is 0.421. The maximum Gasteiger partial charge on any atom is 0.358 e. The number of benzene rings is 1. The minimum atomic E-state index is -0.460. The average molecular weight is 356 g/mol. The van der Waals surface area contributed by atoms with Crippen LogP contribution in [0, 0.1) is 5.92 Å². The second-order valence-corrected chi connectivity index (χ2v) is 6.33. The smallest absolute Gasteiger partial charge is 0.358 e. The molecule has 0 radical (unpaired) electrons. The third-order valence-corrected chi connectivity index (χ3v) is 4.44. The number of carbonyl (C=O) groups is 2. The molecule has 1 saturated heterocycles. The highest BCUT2D eigenvalue weighted by Crippen LogP contribution is 2.21. The Morgan fingerprint density at radius 1 is 1.35 bits per heavy atom. The third kappa shape index (κ3) is 4.49. The Kier molecular flexibility index (Phi) is 6.01. The number of hydrogen-bond acceptors (Lipinski definition) is 5. The van der Waals surface area contributed by atoms with Crippen LogP contribution in [0.25, 0.3) is 5.69 Å². The quantitative estimate of drug-likeness (QED) is 0.744. The van der Waals surface area contributed by atoms with Crippen LogP contribution in [0.5, 0.6) is 0 Å². The first kappa shape index (κ1) is 18.1. The van der Waals surface area contributed by atoms with Gasteiger partial charge in [0.1, 0.15) is 0 Å². The molecule has 0 aliphatic carbocycles. The normalized spacial score (nSPS) is 16.4. The molecule has 1 aliphatic rings. The maximum atomic E-state index is 12.3. The van der Waals surface area contributed by atoms with E-state index in [9.17, 15) is 9.59 Å². The summed E-state index contributed by atoms with van der Waals surface area (Å²) in [4.78, 5) is 24.1. The van der Waals surface area contributed by atoms with Gasteiger partial charge in [-0.05, 0) is 57.0 Å². The zero-order valence-corrected chi connectivity index (χ0v) is 14.9. The van der Waals surface area contributed by atoms with Crippen molar-refractivity contribution in [3.8, 4) is 5.69 Å². The van der Waals surface area contributed by atoms with Crippen molar-refractivity contribution in [3.05, 3.63) is 42.2 Å². The third-order valence-electron chi connectivity index (χ3n) is 4.44. The summed E-state index contributed by atoms with van der Waals surface area (Å²) in [5.74, 6) is 0.106. The van der Waals surface area contributed by atoms with Crippen LogP contribution in [0.15, 0.2) is 36.5 Å². The molecule has 2 aromatic rings. The van der Waals surface area contributed by atoms with Crippen molar-refractivity contribution in [1.29, 1.82) is 0 Å². The van der Waals surface area contributed by atoms with Crippen LogP contribution in [0.2, 0.25) is 0 Å². The fourth-order valence-electron chi connectivity index (χ4n) is 3.06. The van der Waals surface area contributed by atoms with E-state index in [1.165, 1.54) is 0 Å². The topological polar surface area (TPSA) is 85.2 Å². The standard InChI is InChI=1S/C19H24N4O3/c1-2-26-19(25)16-10-12-23(22-16)17-6-4-3-5-15(17)21-18(24)8-7-14-9-11-20-13-14/h3-6,10,12,14,20H,2,7-9,11,13H2,1H3,(H,21,24). The molecule has 1 aromatic heterocycles. The van der Waals surface area contributed by atoms with E-state index >= 15 is 0 Å². The lowest BCUT2D eigenvalue weighted by atomic mass is 10.0. The van der Waals surface area contributed by atoms with Gasteiger partial charge in [0.15, 0.2) is 5.69 Å². The zero-order valence-electron chi connectivity index (χ0n) is 14.9. The number of carbonyl (C=O) groups excluding carboxylic acids is 2. The molecule has 0 bridgehead atoms. The monoisotopic (exact) mass is 356 g/mol. The van der Waals surface area contributed by atoms with Gasteiger partial charge < -0.3 is 15.4 Å². The summed E-state index contributed by atoms with van der Waals surface area (Å²) in [6, 6.07) is 8.99. The van der Waals surface area contributed by atoms with Gasteiger partial charge in [-0.15, -0.1) is 0 Å². The summed E-state index contributed by atoms with van der Waals surface area (Å²) in [5, 5.41) is 10.5. The second-order valence-electron chi connectivity index (χ2n) is 6.33. The molecule has 26 heavy (non-hydrogen) atoms. The lowest BCUT2D eigenvalue weighted by molar-refractivity contribution is -0.116. The summed E-state index contributed by atoms with van der Waals surface area (Å²) < 4.78 is 6.54. The maximum absolute atomic E-state index is 12.3. The lowest BCUT2D eigenvalue weighted by Gasteiger charge is -2.12. The van der Waals surface area contributed by atoms with Crippen LogP contribution < -0.4 is 10.6 Å². The molecular weight excluding hydrogens is 332 g/mol. The van der Waals surface area contributed by atoms with Crippen LogP contribution in [-0.2, 0) is 9.53 Å². The van der Waals surface area contributed by atoms with E-state index < -0.39 is 5.97 Å². The van der Waals surface area contributed by atoms with Crippen LogP contribution in [0.4, 0.5) is 5.69 Å². The van der Waals surface area contributed by atoms with Crippen molar-refractivity contribution < 1.29 is 14.3 Å². The summed E-state index contributed by atoms with van der Waals surface area (Å²) in [7, 11) is 0. The number of rotatable bonds is 7. The Bertz CT molecular complexity index is 766. The molecule has 1 amide bonds. The SMILES string of the molecule is CCOC(=O)c1ccn(-c2ccccc2NC(=O)CCC2CCNC2)n1. The highest BCUT2D eigenvalue weighted by atomic mass is 16.5. The van der Waals surface area contributed by atoms with Crippen molar-refractivity contribution in [2.45, 2.75) is 26.2 Å². The van der Waals surface area contributed by atoms with Gasteiger partial charge in [0, 0.05) is 12.6 Å². The van der Waals surface area contributed by atoms with Gasteiger partial charge in [-0.2, -0.15) is 5.10 Å². The molecule has 1 aromatic carbocycles. The van der Waals surface area contributed by atoms with Gasteiger partial charge in [0.25, 0.3) is 0 Å². The van der Waals surface area contributed by atoms with Crippen LogP contribution in [0.1, 0.15) is 36.7 Å². The summed E-state index contributed by atoms with van der Waals surface area (Å²) in [6.45, 7) is 4.08. The highest BCUT2D eigenvalue weighted by molar-refractivity contribution is 5.93. The number of nitrogens with one attached hydrogen (secondary N) is 2. The van der Waals surface area contributed by atoms with Crippen LogP contribution >= 0.6 is 0 Å². The van der Waals surface area contributed by atoms with E-state index in [4.69, 9.17) is 4.74 Å². The number of para-hydroxylation sites is 2. The molecule has 0 saturated carbocycles. The Morgan fingerprint density at radius 3 is 2.96 bits per heavy atom. The molecule has 1 fully saturated rings. The predicted molar refractivity (Wildman–Crippen MR) is 98.4 cm³/mol. The average Bonchev–Trinajstić information content (AvgIpc) is 3.33.